The van der Waals surface area contributed by atoms with E-state index < -0.39 is 16.0 Å². The third-order valence-corrected chi connectivity index (χ3v) is 4.80. The van der Waals surface area contributed by atoms with Gasteiger partial charge in [-0.15, -0.1) is 0 Å². The Labute approximate surface area is 138 Å². The molecule has 2 N–H and O–H groups in total. The zero-order chi connectivity index (χ0) is 17.3. The molecule has 1 heterocycles. The van der Waals surface area contributed by atoms with Crippen molar-refractivity contribution in [3.8, 4) is 0 Å². The maximum absolute atomic E-state index is 12.5. The van der Waals surface area contributed by atoms with E-state index in [9.17, 15) is 13.2 Å². The minimum atomic E-state index is -3.79. The van der Waals surface area contributed by atoms with E-state index in [-0.39, 0.29) is 16.1 Å². The number of carbonyl (C=O) groups is 1. The number of nitrogens with zero attached hydrogens (tertiary/aromatic N) is 1. The van der Waals surface area contributed by atoms with Crippen molar-refractivity contribution in [2.24, 2.45) is 0 Å². The van der Waals surface area contributed by atoms with E-state index in [1.165, 1.54) is 25.3 Å². The fourth-order valence-electron chi connectivity index (χ4n) is 2.33. The lowest BCUT2D eigenvalue weighted by Gasteiger charge is -2.09. The van der Waals surface area contributed by atoms with Crippen LogP contribution in [0.5, 0.6) is 0 Å². The molecular weight excluding hydrogens is 330 g/mol. The summed E-state index contributed by atoms with van der Waals surface area (Å²) < 4.78 is 32.2. The Morgan fingerprint density at radius 2 is 2.00 bits per heavy atom. The number of benzene rings is 2. The predicted molar refractivity (Wildman–Crippen MR) is 89.4 cm³/mol. The highest BCUT2D eigenvalue weighted by atomic mass is 32.2. The lowest BCUT2D eigenvalue weighted by molar-refractivity contribution is 0.0601. The number of hydrogen-bond acceptors (Lipinski definition) is 5. The smallest absolute Gasteiger partial charge is 0.337 e. The molecule has 0 fully saturated rings. The van der Waals surface area contributed by atoms with E-state index in [1.54, 1.807) is 31.2 Å². The number of fused-ring (bicyclic) bond motifs is 1. The molecule has 0 bridgehead atoms. The van der Waals surface area contributed by atoms with E-state index in [0.29, 0.717) is 16.9 Å². The lowest BCUT2D eigenvalue weighted by Crippen LogP contribution is -2.13. The zero-order valence-corrected chi connectivity index (χ0v) is 13.8. The molecule has 0 aliphatic heterocycles. The van der Waals surface area contributed by atoms with Crippen molar-refractivity contribution in [2.75, 3.05) is 11.8 Å². The second kappa shape index (κ2) is 5.97. The van der Waals surface area contributed by atoms with Gasteiger partial charge in [0.05, 0.1) is 28.6 Å². The minimum absolute atomic E-state index is 0.0992. The number of esters is 1. The molecule has 3 rings (SSSR count). The van der Waals surface area contributed by atoms with Gasteiger partial charge in [-0.25, -0.2) is 18.2 Å². The molecular formula is C16H15N3O4S. The summed E-state index contributed by atoms with van der Waals surface area (Å²) >= 11 is 0. The summed E-state index contributed by atoms with van der Waals surface area (Å²) in [5.41, 5.74) is 1.87. The number of H-pyrrole nitrogens is 1. The van der Waals surface area contributed by atoms with Gasteiger partial charge in [-0.1, -0.05) is 6.07 Å². The van der Waals surface area contributed by atoms with Crippen LogP contribution in [0.25, 0.3) is 11.0 Å². The predicted octanol–water partition coefficient (Wildman–Crippen LogP) is 2.46. The Hall–Kier alpha value is -2.87. The average molecular weight is 345 g/mol. The largest absolute Gasteiger partial charge is 0.465 e. The summed E-state index contributed by atoms with van der Waals surface area (Å²) in [6.07, 6.45) is 0. The quantitative estimate of drug-likeness (QED) is 0.707. The number of sulfonamides is 1. The summed E-state index contributed by atoms with van der Waals surface area (Å²) in [6, 6.07) is 10.7. The first kappa shape index (κ1) is 16.0. The fourth-order valence-corrected chi connectivity index (χ4v) is 3.40. The van der Waals surface area contributed by atoms with Crippen LogP contribution < -0.4 is 4.72 Å². The van der Waals surface area contributed by atoms with Crippen LogP contribution in [0.15, 0.2) is 47.4 Å². The Morgan fingerprint density at radius 1 is 1.21 bits per heavy atom. The van der Waals surface area contributed by atoms with Gasteiger partial charge in [-0.3, -0.25) is 4.72 Å². The van der Waals surface area contributed by atoms with Crippen molar-refractivity contribution >= 4 is 32.7 Å². The third kappa shape index (κ3) is 3.09. The first-order chi connectivity index (χ1) is 11.4. The van der Waals surface area contributed by atoms with Gasteiger partial charge in [0.15, 0.2) is 0 Å². The van der Waals surface area contributed by atoms with Crippen molar-refractivity contribution in [2.45, 2.75) is 11.8 Å². The van der Waals surface area contributed by atoms with Crippen LogP contribution >= 0.6 is 0 Å². The van der Waals surface area contributed by atoms with Gasteiger partial charge in [-0.05, 0) is 43.3 Å². The number of aromatic amines is 1. The molecule has 3 aromatic rings. The van der Waals surface area contributed by atoms with Crippen molar-refractivity contribution in [1.82, 2.24) is 9.97 Å². The summed E-state index contributed by atoms with van der Waals surface area (Å²) in [5, 5.41) is 0. The van der Waals surface area contributed by atoms with Crippen LogP contribution in [-0.4, -0.2) is 31.5 Å². The maximum Gasteiger partial charge on any atom is 0.337 e. The molecule has 7 nitrogen and oxygen atoms in total. The van der Waals surface area contributed by atoms with Crippen LogP contribution in [0.2, 0.25) is 0 Å². The lowest BCUT2D eigenvalue weighted by atomic mass is 10.2. The molecule has 0 aliphatic carbocycles. The molecule has 124 valence electrons. The molecule has 0 saturated heterocycles. The molecule has 0 saturated carbocycles. The van der Waals surface area contributed by atoms with Gasteiger partial charge in [0, 0.05) is 5.69 Å². The number of anilines is 1. The highest BCUT2D eigenvalue weighted by Crippen LogP contribution is 2.21. The number of aromatic nitrogens is 2. The number of methoxy groups -OCH3 is 1. The molecule has 0 unspecified atom stereocenters. The monoisotopic (exact) mass is 345 g/mol. The summed E-state index contributed by atoms with van der Waals surface area (Å²) in [5.74, 6) is 0.170. The second-order valence-corrected chi connectivity index (χ2v) is 6.86. The molecule has 0 aliphatic rings. The van der Waals surface area contributed by atoms with Crippen LogP contribution in [0, 0.1) is 6.92 Å². The van der Waals surface area contributed by atoms with Crippen LogP contribution in [-0.2, 0) is 14.8 Å². The molecule has 0 amide bonds. The van der Waals surface area contributed by atoms with Gasteiger partial charge in [-0.2, -0.15) is 0 Å². The van der Waals surface area contributed by atoms with Crippen molar-refractivity contribution < 1.29 is 17.9 Å². The van der Waals surface area contributed by atoms with E-state index in [4.69, 9.17) is 0 Å². The Kier molecular flexibility index (Phi) is 3.98. The minimum Gasteiger partial charge on any atom is -0.465 e. The Balaban J connectivity index is 1.93. The Morgan fingerprint density at radius 3 is 2.75 bits per heavy atom. The van der Waals surface area contributed by atoms with Crippen LogP contribution in [0.1, 0.15) is 16.2 Å². The second-order valence-electron chi connectivity index (χ2n) is 5.18. The number of rotatable bonds is 4. The molecule has 1 aromatic heterocycles. The summed E-state index contributed by atoms with van der Waals surface area (Å²) in [7, 11) is -2.53. The summed E-state index contributed by atoms with van der Waals surface area (Å²) in [4.78, 5) is 18.9. The first-order valence-corrected chi connectivity index (χ1v) is 8.55. The van der Waals surface area contributed by atoms with Gasteiger partial charge in [0.1, 0.15) is 5.82 Å². The number of imidazole rings is 1. The average Bonchev–Trinajstić information content (AvgIpc) is 2.93. The normalized spacial score (nSPS) is 11.4. The molecule has 0 spiro atoms. The zero-order valence-electron chi connectivity index (χ0n) is 13.0. The number of ether oxygens (including phenoxy) is 1. The van der Waals surface area contributed by atoms with E-state index in [1.807, 2.05) is 0 Å². The van der Waals surface area contributed by atoms with Crippen LogP contribution in [0.3, 0.4) is 0 Å². The number of carbonyl (C=O) groups excluding carboxylic acids is 1. The standard InChI is InChI=1S/C16H15N3O4S/c1-10-17-14-7-6-13(9-15(14)18-10)24(21,22)19-12-5-3-4-11(8-12)16(20)23-2/h3-9,19H,1-2H3,(H,17,18). The molecule has 0 radical (unpaired) electrons. The van der Waals surface area contributed by atoms with E-state index in [0.717, 1.165) is 0 Å². The van der Waals surface area contributed by atoms with Gasteiger partial charge in [0.25, 0.3) is 10.0 Å². The molecule has 8 heteroatoms. The van der Waals surface area contributed by atoms with E-state index in [2.05, 4.69) is 19.4 Å². The Bertz CT molecular complexity index is 1020. The fraction of sp³-hybridized carbons (Fsp3) is 0.125. The van der Waals surface area contributed by atoms with Crippen molar-refractivity contribution in [1.29, 1.82) is 0 Å². The molecule has 24 heavy (non-hydrogen) atoms. The number of hydrogen-bond donors (Lipinski definition) is 2. The van der Waals surface area contributed by atoms with Gasteiger partial charge < -0.3 is 9.72 Å². The van der Waals surface area contributed by atoms with Gasteiger partial charge >= 0.3 is 5.97 Å². The number of nitrogens with one attached hydrogen (secondary N) is 2. The highest BCUT2D eigenvalue weighted by molar-refractivity contribution is 7.92. The van der Waals surface area contributed by atoms with E-state index >= 15 is 0 Å². The maximum atomic E-state index is 12.5. The number of aryl methyl sites for hydroxylation is 1. The van der Waals surface area contributed by atoms with Crippen LogP contribution in [0.4, 0.5) is 5.69 Å². The van der Waals surface area contributed by atoms with Crippen molar-refractivity contribution in [3.05, 3.63) is 53.9 Å². The molecule has 0 atom stereocenters. The highest BCUT2D eigenvalue weighted by Gasteiger charge is 2.16. The molecule has 2 aromatic carbocycles. The third-order valence-electron chi connectivity index (χ3n) is 3.42. The SMILES string of the molecule is COC(=O)c1cccc(NS(=O)(=O)c2ccc3nc(C)[nH]c3c2)c1. The summed E-state index contributed by atoms with van der Waals surface area (Å²) in [6.45, 7) is 1.80. The topological polar surface area (TPSA) is 101 Å². The van der Waals surface area contributed by atoms with Crippen molar-refractivity contribution in [3.63, 3.8) is 0 Å². The first-order valence-electron chi connectivity index (χ1n) is 7.06. The van der Waals surface area contributed by atoms with Gasteiger partial charge in [0.2, 0.25) is 0 Å².